The van der Waals surface area contributed by atoms with E-state index in [0.29, 0.717) is 9.72 Å². The third kappa shape index (κ3) is 3.01. The summed E-state index contributed by atoms with van der Waals surface area (Å²) in [5, 5.41) is 1.65. The summed E-state index contributed by atoms with van der Waals surface area (Å²) in [6.07, 6.45) is 4.45. The van der Waals surface area contributed by atoms with E-state index in [1.54, 1.807) is 0 Å². The molecule has 4 rings (SSSR count). The molecular weight excluding hydrogens is 330 g/mol. The highest BCUT2D eigenvalue weighted by Gasteiger charge is 2.13. The number of rotatable bonds is 4. The summed E-state index contributed by atoms with van der Waals surface area (Å²) in [4.78, 5) is 22.5. The van der Waals surface area contributed by atoms with E-state index in [0.717, 1.165) is 40.8 Å². The Morgan fingerprint density at radius 1 is 1.30 bits per heavy atom. The van der Waals surface area contributed by atoms with Crippen LogP contribution in [0.3, 0.4) is 0 Å². The molecule has 4 nitrogen and oxygen atoms in total. The first-order chi connectivity index (χ1) is 11.2. The maximum Gasteiger partial charge on any atom is 0.268 e. The maximum atomic E-state index is 12.3. The fourth-order valence-corrected chi connectivity index (χ4v) is 4.46. The number of likely N-dealkylation sites (tertiary alicyclic amines) is 1. The second kappa shape index (κ2) is 6.23. The summed E-state index contributed by atoms with van der Waals surface area (Å²) in [7, 11) is 0. The van der Waals surface area contributed by atoms with Gasteiger partial charge in [0.1, 0.15) is 10.5 Å². The van der Waals surface area contributed by atoms with Gasteiger partial charge in [-0.15, -0.1) is 11.3 Å². The molecule has 1 fully saturated rings. The molecule has 0 spiro atoms. The normalized spacial score (nSPS) is 15.9. The monoisotopic (exact) mass is 347 g/mol. The van der Waals surface area contributed by atoms with Crippen molar-refractivity contribution in [3.63, 3.8) is 0 Å². The van der Waals surface area contributed by atoms with Gasteiger partial charge in [0.2, 0.25) is 0 Å². The Balaban J connectivity index is 1.63. The summed E-state index contributed by atoms with van der Waals surface area (Å²) in [5.74, 6) is 0.779. The van der Waals surface area contributed by atoms with Gasteiger partial charge in [0.25, 0.3) is 5.56 Å². The first-order valence-electron chi connectivity index (χ1n) is 8.04. The van der Waals surface area contributed by atoms with Gasteiger partial charge in [0.15, 0.2) is 0 Å². The van der Waals surface area contributed by atoms with E-state index in [4.69, 9.17) is 16.6 Å². The van der Waals surface area contributed by atoms with Crippen LogP contribution in [0.5, 0.6) is 0 Å². The summed E-state index contributed by atoms with van der Waals surface area (Å²) in [6, 6.07) is 5.71. The van der Waals surface area contributed by atoms with E-state index in [-0.39, 0.29) is 5.56 Å². The lowest BCUT2D eigenvalue weighted by atomic mass is 10.2. The smallest absolute Gasteiger partial charge is 0.268 e. The second-order valence-corrected chi connectivity index (χ2v) is 7.57. The molecular formula is C17H18ClN3OS. The molecule has 1 N–H and O–H groups in total. The number of H-pyrrole nitrogens is 1. The lowest BCUT2D eigenvalue weighted by Crippen LogP contribution is -2.21. The zero-order valence-corrected chi connectivity index (χ0v) is 14.3. The predicted molar refractivity (Wildman–Crippen MR) is 96.8 cm³/mol. The van der Waals surface area contributed by atoms with Crippen LogP contribution in [0, 0.1) is 0 Å². The number of thiophene rings is 1. The fourth-order valence-electron chi connectivity index (χ4n) is 3.27. The molecule has 0 aliphatic carbocycles. The highest BCUT2D eigenvalue weighted by atomic mass is 35.5. The third-order valence-corrected chi connectivity index (χ3v) is 5.82. The van der Waals surface area contributed by atoms with Gasteiger partial charge in [-0.05, 0) is 57.1 Å². The highest BCUT2D eigenvalue weighted by Crippen LogP contribution is 2.32. The van der Waals surface area contributed by atoms with E-state index in [1.165, 1.54) is 37.3 Å². The van der Waals surface area contributed by atoms with E-state index in [1.807, 2.05) is 18.2 Å². The van der Waals surface area contributed by atoms with Crippen LogP contribution in [0.1, 0.15) is 25.1 Å². The van der Waals surface area contributed by atoms with Gasteiger partial charge < -0.3 is 9.88 Å². The van der Waals surface area contributed by atoms with Crippen molar-refractivity contribution in [1.29, 1.82) is 0 Å². The Bertz CT molecular complexity index is 911. The van der Waals surface area contributed by atoms with Crippen molar-refractivity contribution >= 4 is 43.2 Å². The van der Waals surface area contributed by atoms with Crippen molar-refractivity contribution in [2.45, 2.75) is 25.7 Å². The minimum absolute atomic E-state index is 0.0384. The first kappa shape index (κ1) is 15.1. The van der Waals surface area contributed by atoms with E-state index in [2.05, 4.69) is 9.88 Å². The van der Waals surface area contributed by atoms with Gasteiger partial charge in [-0.2, -0.15) is 0 Å². The van der Waals surface area contributed by atoms with Crippen LogP contribution < -0.4 is 5.56 Å². The van der Waals surface area contributed by atoms with Crippen molar-refractivity contribution in [2.24, 2.45) is 0 Å². The van der Waals surface area contributed by atoms with Crippen molar-refractivity contribution in [3.8, 4) is 0 Å². The molecule has 3 aromatic rings. The Hall–Kier alpha value is -1.43. The first-order valence-corrected chi connectivity index (χ1v) is 9.23. The molecule has 0 saturated carbocycles. The topological polar surface area (TPSA) is 49.0 Å². The average molecular weight is 348 g/mol. The molecule has 1 aromatic carbocycles. The Kier molecular flexibility index (Phi) is 4.09. The number of nitrogens with one attached hydrogen (secondary N) is 1. The van der Waals surface area contributed by atoms with Gasteiger partial charge in [-0.3, -0.25) is 4.79 Å². The van der Waals surface area contributed by atoms with Crippen LogP contribution >= 0.6 is 22.9 Å². The number of aryl methyl sites for hydroxylation is 1. The quantitative estimate of drug-likeness (QED) is 0.780. The number of hydrogen-bond donors (Lipinski definition) is 1. The highest BCUT2D eigenvalue weighted by molar-refractivity contribution is 7.25. The van der Waals surface area contributed by atoms with Crippen LogP contribution in [0.25, 0.3) is 20.3 Å². The van der Waals surface area contributed by atoms with Crippen molar-refractivity contribution in [3.05, 3.63) is 39.4 Å². The lowest BCUT2D eigenvalue weighted by molar-refractivity contribution is 0.333. The standard InChI is InChI=1S/C17H18ClN3OS/c18-11-5-6-13-12(10-11)15-16(23-13)17(22)20-14(19-15)4-3-9-21-7-1-2-8-21/h5-6,10H,1-4,7-9H2,(H,19,20,22). The number of aromatic nitrogens is 2. The lowest BCUT2D eigenvalue weighted by Gasteiger charge is -2.13. The number of halogens is 1. The number of fused-ring (bicyclic) bond motifs is 3. The SMILES string of the molecule is O=c1[nH]c(CCCN2CCCC2)nc2c1sc1ccc(Cl)cc12. The van der Waals surface area contributed by atoms with Crippen LogP contribution in [-0.4, -0.2) is 34.5 Å². The summed E-state index contributed by atoms with van der Waals surface area (Å²) in [6.45, 7) is 3.49. The van der Waals surface area contributed by atoms with E-state index < -0.39 is 0 Å². The van der Waals surface area contributed by atoms with Crippen molar-refractivity contribution in [2.75, 3.05) is 19.6 Å². The number of nitrogens with zero attached hydrogens (tertiary/aromatic N) is 2. The molecule has 1 saturated heterocycles. The van der Waals surface area contributed by atoms with Crippen LogP contribution in [-0.2, 0) is 6.42 Å². The largest absolute Gasteiger partial charge is 0.309 e. The number of aromatic amines is 1. The van der Waals surface area contributed by atoms with Crippen LogP contribution in [0.2, 0.25) is 5.02 Å². The number of hydrogen-bond acceptors (Lipinski definition) is 4. The maximum absolute atomic E-state index is 12.3. The molecule has 2 aromatic heterocycles. The van der Waals surface area contributed by atoms with Gasteiger partial charge in [0.05, 0.1) is 5.52 Å². The fraction of sp³-hybridized carbons (Fsp3) is 0.412. The molecule has 23 heavy (non-hydrogen) atoms. The summed E-state index contributed by atoms with van der Waals surface area (Å²) >= 11 is 7.57. The Morgan fingerprint density at radius 3 is 2.96 bits per heavy atom. The van der Waals surface area contributed by atoms with Crippen molar-refractivity contribution < 1.29 is 0 Å². The van der Waals surface area contributed by atoms with Gasteiger partial charge in [-0.1, -0.05) is 11.6 Å². The Labute approximate surface area is 143 Å². The van der Waals surface area contributed by atoms with Gasteiger partial charge >= 0.3 is 0 Å². The minimum Gasteiger partial charge on any atom is -0.309 e. The third-order valence-electron chi connectivity index (χ3n) is 4.42. The van der Waals surface area contributed by atoms with E-state index >= 15 is 0 Å². The molecule has 6 heteroatoms. The van der Waals surface area contributed by atoms with Crippen molar-refractivity contribution in [1.82, 2.24) is 14.9 Å². The van der Waals surface area contributed by atoms with E-state index in [9.17, 15) is 4.79 Å². The molecule has 1 aliphatic heterocycles. The molecule has 3 heterocycles. The zero-order valence-electron chi connectivity index (χ0n) is 12.8. The Morgan fingerprint density at radius 2 is 2.13 bits per heavy atom. The molecule has 0 atom stereocenters. The molecule has 1 aliphatic rings. The van der Waals surface area contributed by atoms with Gasteiger partial charge in [-0.25, -0.2) is 4.98 Å². The predicted octanol–water partition coefficient (Wildman–Crippen LogP) is 3.82. The zero-order chi connectivity index (χ0) is 15.8. The molecule has 0 radical (unpaired) electrons. The minimum atomic E-state index is -0.0384. The molecule has 0 bridgehead atoms. The molecule has 0 amide bonds. The average Bonchev–Trinajstić information content (AvgIpc) is 3.16. The summed E-state index contributed by atoms with van der Waals surface area (Å²) in [5.41, 5.74) is 0.746. The van der Waals surface area contributed by atoms with Gasteiger partial charge in [0, 0.05) is 21.5 Å². The number of benzene rings is 1. The van der Waals surface area contributed by atoms with Crippen LogP contribution in [0.15, 0.2) is 23.0 Å². The second-order valence-electron chi connectivity index (χ2n) is 6.09. The molecule has 120 valence electrons. The molecule has 0 unspecified atom stereocenters. The van der Waals surface area contributed by atoms with Crippen LogP contribution in [0.4, 0.5) is 0 Å². The summed E-state index contributed by atoms with van der Waals surface area (Å²) < 4.78 is 1.74.